The van der Waals surface area contributed by atoms with Crippen molar-refractivity contribution in [3.8, 4) is 0 Å². The molecule has 1 rings (SSSR count). The van der Waals surface area contributed by atoms with E-state index >= 15 is 0 Å². The average molecular weight is 271 g/mol. The molecule has 0 saturated carbocycles. The zero-order valence-electron chi connectivity index (χ0n) is 11.1. The van der Waals surface area contributed by atoms with Crippen molar-refractivity contribution in [3.63, 3.8) is 0 Å². The number of rotatable bonds is 5. The van der Waals surface area contributed by atoms with E-state index < -0.39 is 12.0 Å². The fraction of sp³-hybridized carbons (Fsp3) is 0.750. The molecule has 0 spiro atoms. The molecule has 19 heavy (non-hydrogen) atoms. The molecule has 1 aliphatic heterocycles. The van der Waals surface area contributed by atoms with Crippen molar-refractivity contribution in [1.29, 1.82) is 0 Å². The van der Waals surface area contributed by atoms with Crippen molar-refractivity contribution < 1.29 is 19.5 Å². The lowest BCUT2D eigenvalue weighted by atomic mass is 10.0. The zero-order chi connectivity index (χ0) is 14.3. The molecule has 7 nitrogen and oxygen atoms in total. The lowest BCUT2D eigenvalue weighted by Crippen LogP contribution is -2.54. The van der Waals surface area contributed by atoms with Gasteiger partial charge in [-0.25, -0.2) is 4.79 Å². The Morgan fingerprint density at radius 1 is 1.32 bits per heavy atom. The van der Waals surface area contributed by atoms with Crippen molar-refractivity contribution in [2.45, 2.75) is 38.1 Å². The van der Waals surface area contributed by atoms with Crippen LogP contribution in [-0.4, -0.2) is 54.1 Å². The van der Waals surface area contributed by atoms with Gasteiger partial charge in [0.05, 0.1) is 0 Å². The molecule has 1 fully saturated rings. The van der Waals surface area contributed by atoms with E-state index in [-0.39, 0.29) is 18.4 Å². The molecular formula is C12H21N3O4. The molecule has 0 radical (unpaired) electrons. The maximum Gasteiger partial charge on any atom is 0.318 e. The summed E-state index contributed by atoms with van der Waals surface area (Å²) in [4.78, 5) is 35.5. The molecule has 0 aromatic rings. The van der Waals surface area contributed by atoms with Crippen LogP contribution in [0.1, 0.15) is 32.1 Å². The Hall–Kier alpha value is -1.79. The Balaban J connectivity index is 2.43. The highest BCUT2D eigenvalue weighted by molar-refractivity contribution is 5.87. The molecule has 1 saturated heterocycles. The first-order valence-corrected chi connectivity index (χ1v) is 6.54. The molecule has 108 valence electrons. The van der Waals surface area contributed by atoms with Crippen LogP contribution >= 0.6 is 0 Å². The molecule has 0 aliphatic carbocycles. The molecular weight excluding hydrogens is 250 g/mol. The van der Waals surface area contributed by atoms with Crippen LogP contribution in [0.15, 0.2) is 0 Å². The number of likely N-dealkylation sites (N-methyl/N-ethyl adjacent to an activating group) is 1. The number of nitrogens with zero attached hydrogens (tertiary/aromatic N) is 1. The topological polar surface area (TPSA) is 98.7 Å². The second kappa shape index (κ2) is 7.60. The van der Waals surface area contributed by atoms with Crippen LogP contribution in [-0.2, 0) is 9.59 Å². The predicted octanol–water partition coefficient (Wildman–Crippen LogP) is 0.161. The normalized spacial score (nSPS) is 18.8. The zero-order valence-corrected chi connectivity index (χ0v) is 11.1. The summed E-state index contributed by atoms with van der Waals surface area (Å²) in [6.07, 6.45) is 2.90. The SMILES string of the molecule is CNC(=O)C1CCCCN1C(=O)NCCCC(=O)O. The van der Waals surface area contributed by atoms with Gasteiger partial charge in [0.25, 0.3) is 0 Å². The third-order valence-corrected chi connectivity index (χ3v) is 3.16. The first kappa shape index (κ1) is 15.3. The average Bonchev–Trinajstić information content (AvgIpc) is 2.42. The minimum atomic E-state index is -0.879. The Morgan fingerprint density at radius 2 is 2.05 bits per heavy atom. The van der Waals surface area contributed by atoms with Crippen molar-refractivity contribution >= 4 is 17.9 Å². The van der Waals surface area contributed by atoms with Crippen LogP contribution in [0.3, 0.4) is 0 Å². The largest absolute Gasteiger partial charge is 0.481 e. The van der Waals surface area contributed by atoms with Gasteiger partial charge in [-0.05, 0) is 25.7 Å². The van der Waals surface area contributed by atoms with Gasteiger partial charge < -0.3 is 20.6 Å². The highest BCUT2D eigenvalue weighted by atomic mass is 16.4. The van der Waals surface area contributed by atoms with E-state index in [0.29, 0.717) is 25.9 Å². The van der Waals surface area contributed by atoms with Crippen molar-refractivity contribution in [2.75, 3.05) is 20.1 Å². The van der Waals surface area contributed by atoms with Crippen LogP contribution in [0.2, 0.25) is 0 Å². The molecule has 1 unspecified atom stereocenters. The quantitative estimate of drug-likeness (QED) is 0.620. The number of aliphatic carboxylic acids is 1. The van der Waals surface area contributed by atoms with E-state index in [1.54, 1.807) is 7.05 Å². The van der Waals surface area contributed by atoms with Crippen LogP contribution in [0.5, 0.6) is 0 Å². The van der Waals surface area contributed by atoms with E-state index in [9.17, 15) is 14.4 Å². The second-order valence-corrected chi connectivity index (χ2v) is 4.55. The molecule has 0 aromatic heterocycles. The summed E-state index contributed by atoms with van der Waals surface area (Å²) in [6.45, 7) is 0.866. The number of nitrogens with one attached hydrogen (secondary N) is 2. The molecule has 3 amide bonds. The molecule has 1 atom stereocenters. The number of amides is 3. The number of hydrogen-bond acceptors (Lipinski definition) is 3. The van der Waals surface area contributed by atoms with Gasteiger partial charge in [0, 0.05) is 26.6 Å². The summed E-state index contributed by atoms with van der Waals surface area (Å²) in [6, 6.07) is -0.711. The van der Waals surface area contributed by atoms with Crippen LogP contribution in [0.25, 0.3) is 0 Å². The summed E-state index contributed by atoms with van der Waals surface area (Å²) in [5.74, 6) is -1.03. The van der Waals surface area contributed by atoms with Crippen molar-refractivity contribution in [2.24, 2.45) is 0 Å². The molecule has 7 heteroatoms. The smallest absolute Gasteiger partial charge is 0.318 e. The first-order valence-electron chi connectivity index (χ1n) is 6.54. The summed E-state index contributed by atoms with van der Waals surface area (Å²) in [7, 11) is 1.56. The predicted molar refractivity (Wildman–Crippen MR) is 68.7 cm³/mol. The van der Waals surface area contributed by atoms with E-state index in [2.05, 4.69) is 10.6 Å². The maximum absolute atomic E-state index is 12.0. The second-order valence-electron chi connectivity index (χ2n) is 4.55. The number of piperidine rings is 1. The van der Waals surface area contributed by atoms with Crippen molar-refractivity contribution in [1.82, 2.24) is 15.5 Å². The molecule has 1 aliphatic rings. The Bertz CT molecular complexity index is 346. The molecule has 1 heterocycles. The van der Waals surface area contributed by atoms with Gasteiger partial charge in [-0.3, -0.25) is 9.59 Å². The number of hydrogen-bond donors (Lipinski definition) is 3. The van der Waals surface area contributed by atoms with E-state index in [4.69, 9.17) is 5.11 Å². The Morgan fingerprint density at radius 3 is 2.68 bits per heavy atom. The number of carboxylic acids is 1. The fourth-order valence-electron chi connectivity index (χ4n) is 2.15. The van der Waals surface area contributed by atoms with Crippen LogP contribution < -0.4 is 10.6 Å². The van der Waals surface area contributed by atoms with Gasteiger partial charge >= 0.3 is 12.0 Å². The lowest BCUT2D eigenvalue weighted by Gasteiger charge is -2.34. The minimum absolute atomic E-state index is 0.0269. The fourth-order valence-corrected chi connectivity index (χ4v) is 2.15. The summed E-state index contributed by atoms with van der Waals surface area (Å²) < 4.78 is 0. The van der Waals surface area contributed by atoms with Gasteiger partial charge in [-0.1, -0.05) is 0 Å². The summed E-state index contributed by atoms with van der Waals surface area (Å²) >= 11 is 0. The number of carboxylic acid groups (broad SMARTS) is 1. The van der Waals surface area contributed by atoms with E-state index in [1.807, 2.05) is 0 Å². The third kappa shape index (κ3) is 4.76. The highest BCUT2D eigenvalue weighted by Crippen LogP contribution is 2.17. The van der Waals surface area contributed by atoms with Gasteiger partial charge in [0.1, 0.15) is 6.04 Å². The van der Waals surface area contributed by atoms with Crippen LogP contribution in [0, 0.1) is 0 Å². The summed E-state index contributed by atoms with van der Waals surface area (Å²) in [5, 5.41) is 13.7. The van der Waals surface area contributed by atoms with Crippen molar-refractivity contribution in [3.05, 3.63) is 0 Å². The minimum Gasteiger partial charge on any atom is -0.481 e. The molecule has 3 N–H and O–H groups in total. The number of carbonyl (C=O) groups excluding carboxylic acids is 2. The van der Waals surface area contributed by atoms with E-state index in [0.717, 1.165) is 12.8 Å². The Labute approximate surface area is 112 Å². The maximum atomic E-state index is 12.0. The van der Waals surface area contributed by atoms with E-state index in [1.165, 1.54) is 4.90 Å². The lowest BCUT2D eigenvalue weighted by molar-refractivity contribution is -0.137. The summed E-state index contributed by atoms with van der Waals surface area (Å²) in [5.41, 5.74) is 0. The molecule has 0 bridgehead atoms. The standard InChI is InChI=1S/C12H21N3O4/c1-13-11(18)9-5-2-3-8-15(9)12(19)14-7-4-6-10(16)17/h9H,2-8H2,1H3,(H,13,18)(H,14,19)(H,16,17). The number of likely N-dealkylation sites (tertiary alicyclic amines) is 1. The number of urea groups is 1. The monoisotopic (exact) mass is 271 g/mol. The van der Waals surface area contributed by atoms with Gasteiger partial charge in [-0.15, -0.1) is 0 Å². The van der Waals surface area contributed by atoms with Gasteiger partial charge in [0.15, 0.2) is 0 Å². The van der Waals surface area contributed by atoms with Crippen LogP contribution in [0.4, 0.5) is 4.79 Å². The first-order chi connectivity index (χ1) is 9.06. The Kier molecular flexibility index (Phi) is 6.11. The third-order valence-electron chi connectivity index (χ3n) is 3.16. The van der Waals surface area contributed by atoms with Gasteiger partial charge in [-0.2, -0.15) is 0 Å². The highest BCUT2D eigenvalue weighted by Gasteiger charge is 2.31. The molecule has 0 aromatic carbocycles. The van der Waals surface area contributed by atoms with Gasteiger partial charge in [0.2, 0.25) is 5.91 Å². The number of carbonyl (C=O) groups is 3.